The van der Waals surface area contributed by atoms with Crippen LogP contribution in [0.3, 0.4) is 0 Å². The molecule has 3 aromatic carbocycles. The minimum Gasteiger partial charge on any atom is -0.493 e. The van der Waals surface area contributed by atoms with Crippen LogP contribution in [0, 0.1) is 6.92 Å². The van der Waals surface area contributed by atoms with E-state index in [0.29, 0.717) is 52.7 Å². The lowest BCUT2D eigenvalue weighted by Crippen LogP contribution is -2.31. The molecule has 0 fully saturated rings. The van der Waals surface area contributed by atoms with E-state index < -0.39 is 0 Å². The Morgan fingerprint density at radius 1 is 0.900 bits per heavy atom. The zero-order valence-corrected chi connectivity index (χ0v) is 22.4. The van der Waals surface area contributed by atoms with E-state index in [1.807, 2.05) is 36.4 Å². The minimum absolute atomic E-state index is 0.195. The number of carbonyl (C=O) groups excluding carboxylic acids is 1. The third kappa shape index (κ3) is 5.63. The number of nitrogens with one attached hydrogen (secondary N) is 1. The summed E-state index contributed by atoms with van der Waals surface area (Å²) in [5.74, 6) is 1.93. The van der Waals surface area contributed by atoms with E-state index in [9.17, 15) is 9.59 Å². The Hall–Kier alpha value is -5.18. The summed E-state index contributed by atoms with van der Waals surface area (Å²) >= 11 is 0. The van der Waals surface area contributed by atoms with Crippen molar-refractivity contribution in [2.24, 2.45) is 0 Å². The summed E-state index contributed by atoms with van der Waals surface area (Å²) in [6, 6.07) is 23.5. The molecule has 202 valence electrons. The maximum Gasteiger partial charge on any atom is 0.272 e. The van der Waals surface area contributed by atoms with E-state index in [1.54, 1.807) is 63.7 Å². The molecule has 0 spiro atoms. The van der Waals surface area contributed by atoms with Gasteiger partial charge >= 0.3 is 0 Å². The van der Waals surface area contributed by atoms with Crippen LogP contribution < -0.4 is 25.1 Å². The summed E-state index contributed by atoms with van der Waals surface area (Å²) in [5, 5.41) is 8.02. The number of carbonyl (C=O) groups is 1. The molecular weight excluding hydrogens is 508 g/mol. The summed E-state index contributed by atoms with van der Waals surface area (Å²) in [6.45, 7) is 2.16. The molecule has 2 aromatic heterocycles. The predicted octanol–water partition coefficient (Wildman–Crippen LogP) is 4.87. The Kier molecular flexibility index (Phi) is 7.72. The molecule has 40 heavy (non-hydrogen) atoms. The fourth-order valence-electron chi connectivity index (χ4n) is 4.32. The molecule has 0 radical (unpaired) electrons. The third-order valence-corrected chi connectivity index (χ3v) is 6.40. The van der Waals surface area contributed by atoms with Crippen LogP contribution in [0.25, 0.3) is 16.6 Å². The number of aryl methyl sites for hydroxylation is 1. The first kappa shape index (κ1) is 26.4. The molecule has 0 bridgehead atoms. The van der Waals surface area contributed by atoms with E-state index in [4.69, 9.17) is 14.2 Å². The van der Waals surface area contributed by atoms with Crippen LogP contribution in [0.2, 0.25) is 0 Å². The van der Waals surface area contributed by atoms with Gasteiger partial charge < -0.3 is 19.5 Å². The van der Waals surface area contributed by atoms with E-state index in [1.165, 1.54) is 10.7 Å². The van der Waals surface area contributed by atoms with Gasteiger partial charge in [0.1, 0.15) is 11.5 Å². The molecule has 2 heterocycles. The zero-order valence-electron chi connectivity index (χ0n) is 22.4. The van der Waals surface area contributed by atoms with Gasteiger partial charge in [0.05, 0.1) is 25.4 Å². The lowest BCUT2D eigenvalue weighted by Gasteiger charge is -2.13. The fourth-order valence-corrected chi connectivity index (χ4v) is 4.32. The van der Waals surface area contributed by atoms with Crippen molar-refractivity contribution in [3.05, 3.63) is 112 Å². The van der Waals surface area contributed by atoms with Crippen LogP contribution in [-0.4, -0.2) is 41.4 Å². The van der Waals surface area contributed by atoms with Gasteiger partial charge in [-0.1, -0.05) is 30.3 Å². The first-order chi connectivity index (χ1) is 19.5. The average Bonchev–Trinajstić information content (AvgIpc) is 2.97. The van der Waals surface area contributed by atoms with Gasteiger partial charge in [-0.15, -0.1) is 0 Å². The average molecular weight is 537 g/mol. The number of amides is 1. The van der Waals surface area contributed by atoms with Gasteiger partial charge in [-0.05, 0) is 60.9 Å². The maximum absolute atomic E-state index is 12.9. The molecule has 5 rings (SSSR count). The van der Waals surface area contributed by atoms with Crippen molar-refractivity contribution in [3.8, 4) is 28.7 Å². The van der Waals surface area contributed by atoms with E-state index in [2.05, 4.69) is 15.4 Å². The van der Waals surface area contributed by atoms with Gasteiger partial charge in [0.2, 0.25) is 0 Å². The van der Waals surface area contributed by atoms with Crippen molar-refractivity contribution in [2.75, 3.05) is 20.8 Å². The first-order valence-electron chi connectivity index (χ1n) is 12.7. The molecule has 0 saturated heterocycles. The highest BCUT2D eigenvalue weighted by atomic mass is 16.5. The first-order valence-corrected chi connectivity index (χ1v) is 12.7. The van der Waals surface area contributed by atoms with Crippen LogP contribution in [0.4, 0.5) is 0 Å². The number of rotatable bonds is 9. The van der Waals surface area contributed by atoms with Crippen molar-refractivity contribution in [1.29, 1.82) is 0 Å². The lowest BCUT2D eigenvalue weighted by molar-refractivity contribution is 0.0946. The number of pyridine rings is 1. The summed E-state index contributed by atoms with van der Waals surface area (Å²) in [5.41, 5.74) is 2.68. The van der Waals surface area contributed by atoms with Crippen molar-refractivity contribution in [1.82, 2.24) is 20.1 Å². The van der Waals surface area contributed by atoms with Gasteiger partial charge in [0, 0.05) is 30.3 Å². The van der Waals surface area contributed by atoms with Crippen LogP contribution in [0.15, 0.2) is 89.9 Å². The number of benzene rings is 3. The second-order valence-electron chi connectivity index (χ2n) is 9.05. The number of methoxy groups -OCH3 is 2. The molecular formula is C31H28N4O5. The largest absolute Gasteiger partial charge is 0.493 e. The topological polar surface area (TPSA) is 105 Å². The molecule has 0 unspecified atom stereocenters. The smallest absolute Gasteiger partial charge is 0.272 e. The predicted molar refractivity (Wildman–Crippen MR) is 152 cm³/mol. The molecule has 0 aliphatic heterocycles. The Labute approximate surface area is 231 Å². The molecule has 9 heteroatoms. The number of nitrogens with zero attached hydrogens (tertiary/aromatic N) is 3. The molecule has 0 aliphatic carbocycles. The molecule has 1 amide bonds. The molecule has 5 aromatic rings. The van der Waals surface area contributed by atoms with Crippen molar-refractivity contribution >= 4 is 16.8 Å². The summed E-state index contributed by atoms with van der Waals surface area (Å²) in [4.78, 5) is 30.0. The second kappa shape index (κ2) is 11.7. The summed E-state index contributed by atoms with van der Waals surface area (Å²) < 4.78 is 18.1. The highest BCUT2D eigenvalue weighted by molar-refractivity contribution is 5.93. The van der Waals surface area contributed by atoms with Crippen LogP contribution in [0.5, 0.6) is 23.0 Å². The number of ether oxygens (including phenoxy) is 3. The minimum atomic E-state index is -0.340. The third-order valence-electron chi connectivity index (χ3n) is 6.40. The van der Waals surface area contributed by atoms with Crippen molar-refractivity contribution in [2.45, 2.75) is 13.3 Å². The molecule has 0 saturated carbocycles. The Morgan fingerprint density at radius 3 is 2.35 bits per heavy atom. The highest BCUT2D eigenvalue weighted by Crippen LogP contribution is 2.36. The van der Waals surface area contributed by atoms with Crippen molar-refractivity contribution < 1.29 is 19.0 Å². The standard InChI is InChI=1S/C31H28N4O5/c1-20-17-29(36)35(34-30(20)31(37)33-15-13-21-7-5-4-6-8-21)22-9-11-23(12-10-22)40-26-14-16-32-25-19-28(39-3)27(38-2)18-24(25)26/h4-12,14,16-19H,13,15H2,1-3H3,(H,33,37). The van der Waals surface area contributed by atoms with Gasteiger partial charge in [-0.3, -0.25) is 14.6 Å². The number of hydrogen-bond acceptors (Lipinski definition) is 7. The van der Waals surface area contributed by atoms with Gasteiger partial charge in [0.15, 0.2) is 17.2 Å². The van der Waals surface area contributed by atoms with Crippen LogP contribution in [0.1, 0.15) is 21.6 Å². The van der Waals surface area contributed by atoms with E-state index in [-0.39, 0.29) is 17.2 Å². The van der Waals surface area contributed by atoms with Crippen LogP contribution >= 0.6 is 0 Å². The highest BCUT2D eigenvalue weighted by Gasteiger charge is 2.15. The summed E-state index contributed by atoms with van der Waals surface area (Å²) in [7, 11) is 3.14. The zero-order chi connectivity index (χ0) is 28.1. The number of fused-ring (bicyclic) bond motifs is 1. The molecule has 9 nitrogen and oxygen atoms in total. The number of hydrogen-bond donors (Lipinski definition) is 1. The second-order valence-corrected chi connectivity index (χ2v) is 9.05. The Morgan fingerprint density at radius 2 is 1.62 bits per heavy atom. The van der Waals surface area contributed by atoms with Gasteiger partial charge in [-0.25, -0.2) is 0 Å². The SMILES string of the molecule is COc1cc2nccc(Oc3ccc(-n4nc(C(=O)NCCc5ccccc5)c(C)cc4=O)cc3)c2cc1OC. The fraction of sp³-hybridized carbons (Fsp3) is 0.161. The maximum atomic E-state index is 12.9. The van der Waals surface area contributed by atoms with Crippen LogP contribution in [-0.2, 0) is 6.42 Å². The summed E-state index contributed by atoms with van der Waals surface area (Å²) in [6.07, 6.45) is 2.35. The molecule has 1 N–H and O–H groups in total. The Balaban J connectivity index is 1.35. The van der Waals surface area contributed by atoms with E-state index in [0.717, 1.165) is 10.9 Å². The monoisotopic (exact) mass is 536 g/mol. The van der Waals surface area contributed by atoms with Crippen molar-refractivity contribution in [3.63, 3.8) is 0 Å². The lowest BCUT2D eigenvalue weighted by atomic mass is 10.1. The quantitative estimate of drug-likeness (QED) is 0.287. The normalized spacial score (nSPS) is 10.8. The van der Waals surface area contributed by atoms with Gasteiger partial charge in [0.25, 0.3) is 11.5 Å². The molecule has 0 aliphatic rings. The number of aromatic nitrogens is 3. The Bertz CT molecular complexity index is 1720. The van der Waals surface area contributed by atoms with E-state index >= 15 is 0 Å². The van der Waals surface area contributed by atoms with Gasteiger partial charge in [-0.2, -0.15) is 9.78 Å². The molecule has 0 atom stereocenters.